The maximum atomic E-state index is 13.0. The number of amides is 1. The average Bonchev–Trinajstić information content (AvgIpc) is 3.08. The van der Waals surface area contributed by atoms with Crippen LogP contribution in [0.15, 0.2) is 40.8 Å². The normalized spacial score (nSPS) is 12.5. The maximum absolute atomic E-state index is 13.0. The van der Waals surface area contributed by atoms with Gasteiger partial charge in [0.25, 0.3) is 5.56 Å². The standard InChI is InChI=1S/C22H27N3O2S/c1-14(2)5-8-16(4)24-19(26)11-25-13-23-21-20(22(25)27)18(12-28-21)17-9-6-15(3)7-10-17/h6-7,9-10,12-14,16H,5,8,11H2,1-4H3,(H,24,26)/t16-/m1/s1. The third-order valence-corrected chi connectivity index (χ3v) is 5.71. The van der Waals surface area contributed by atoms with Crippen molar-refractivity contribution < 1.29 is 4.79 Å². The largest absolute Gasteiger partial charge is 0.352 e. The van der Waals surface area contributed by atoms with Crippen molar-refractivity contribution >= 4 is 27.5 Å². The molecule has 0 saturated carbocycles. The molecule has 1 aromatic carbocycles. The molecule has 0 aliphatic rings. The molecule has 0 saturated heterocycles. The summed E-state index contributed by atoms with van der Waals surface area (Å²) in [4.78, 5) is 30.5. The van der Waals surface area contributed by atoms with Crippen molar-refractivity contribution in [3.05, 3.63) is 51.9 Å². The summed E-state index contributed by atoms with van der Waals surface area (Å²) in [5.74, 6) is 0.444. The molecular weight excluding hydrogens is 370 g/mol. The highest BCUT2D eigenvalue weighted by atomic mass is 32.1. The Kier molecular flexibility index (Phi) is 6.29. The van der Waals surface area contributed by atoms with Gasteiger partial charge in [0.1, 0.15) is 11.4 Å². The number of nitrogens with zero attached hydrogens (tertiary/aromatic N) is 2. The molecule has 5 nitrogen and oxygen atoms in total. The fraction of sp³-hybridized carbons (Fsp3) is 0.409. The Morgan fingerprint density at radius 1 is 1.18 bits per heavy atom. The van der Waals surface area contributed by atoms with Gasteiger partial charge in [0.2, 0.25) is 5.91 Å². The minimum absolute atomic E-state index is 0.0169. The van der Waals surface area contributed by atoms with Crippen LogP contribution in [0.2, 0.25) is 0 Å². The lowest BCUT2D eigenvalue weighted by molar-refractivity contribution is -0.122. The summed E-state index contributed by atoms with van der Waals surface area (Å²) in [5, 5.41) is 5.52. The molecule has 6 heteroatoms. The molecular formula is C22H27N3O2S. The van der Waals surface area contributed by atoms with Crippen LogP contribution in [0, 0.1) is 12.8 Å². The van der Waals surface area contributed by atoms with E-state index in [0.29, 0.717) is 16.1 Å². The summed E-state index contributed by atoms with van der Waals surface area (Å²) in [6, 6.07) is 8.17. The molecule has 0 bridgehead atoms. The lowest BCUT2D eigenvalue weighted by atomic mass is 10.0. The number of nitrogens with one attached hydrogen (secondary N) is 1. The van der Waals surface area contributed by atoms with Crippen molar-refractivity contribution in [3.63, 3.8) is 0 Å². The van der Waals surface area contributed by atoms with Gasteiger partial charge in [0, 0.05) is 17.0 Å². The number of hydrogen-bond donors (Lipinski definition) is 1. The molecule has 0 unspecified atom stereocenters. The summed E-state index contributed by atoms with van der Waals surface area (Å²) in [6.07, 6.45) is 3.46. The predicted molar refractivity (Wildman–Crippen MR) is 116 cm³/mol. The predicted octanol–water partition coefficient (Wildman–Crippen LogP) is 4.37. The van der Waals surface area contributed by atoms with Gasteiger partial charge in [0.15, 0.2) is 0 Å². The highest BCUT2D eigenvalue weighted by molar-refractivity contribution is 7.17. The third-order valence-electron chi connectivity index (χ3n) is 4.82. The van der Waals surface area contributed by atoms with E-state index in [1.807, 2.05) is 43.5 Å². The van der Waals surface area contributed by atoms with Crippen LogP contribution >= 0.6 is 11.3 Å². The Hall–Kier alpha value is -2.47. The number of hydrogen-bond acceptors (Lipinski definition) is 4. The van der Waals surface area contributed by atoms with Gasteiger partial charge in [-0.3, -0.25) is 14.2 Å². The minimum atomic E-state index is -0.174. The molecule has 2 aromatic heterocycles. The SMILES string of the molecule is Cc1ccc(-c2csc3ncn(CC(=O)N[C@H](C)CCC(C)C)c(=O)c23)cc1. The van der Waals surface area contributed by atoms with Crippen LogP contribution in [0.25, 0.3) is 21.3 Å². The Balaban J connectivity index is 1.82. The molecule has 1 amide bonds. The van der Waals surface area contributed by atoms with Crippen LogP contribution in [0.4, 0.5) is 0 Å². The highest BCUT2D eigenvalue weighted by Crippen LogP contribution is 2.30. The first-order valence-electron chi connectivity index (χ1n) is 9.68. The molecule has 3 rings (SSSR count). The van der Waals surface area contributed by atoms with E-state index in [0.717, 1.165) is 24.0 Å². The number of aromatic nitrogens is 2. The topological polar surface area (TPSA) is 64.0 Å². The smallest absolute Gasteiger partial charge is 0.263 e. The minimum Gasteiger partial charge on any atom is -0.352 e. The summed E-state index contributed by atoms with van der Waals surface area (Å²) in [5.41, 5.74) is 2.85. The molecule has 2 heterocycles. The zero-order valence-corrected chi connectivity index (χ0v) is 17.7. The molecule has 1 N–H and O–H groups in total. The second-order valence-electron chi connectivity index (χ2n) is 7.81. The summed E-state index contributed by atoms with van der Waals surface area (Å²) >= 11 is 1.45. The van der Waals surface area contributed by atoms with Crippen LogP contribution < -0.4 is 10.9 Å². The van der Waals surface area contributed by atoms with E-state index in [1.54, 1.807) is 0 Å². The molecule has 0 aliphatic heterocycles. The number of benzene rings is 1. The van der Waals surface area contributed by atoms with Gasteiger partial charge in [-0.25, -0.2) is 4.98 Å². The number of carbonyl (C=O) groups is 1. The van der Waals surface area contributed by atoms with E-state index in [1.165, 1.54) is 27.8 Å². The lowest BCUT2D eigenvalue weighted by Crippen LogP contribution is -2.37. The average molecular weight is 398 g/mol. The first-order valence-corrected chi connectivity index (χ1v) is 10.6. The van der Waals surface area contributed by atoms with Crippen LogP contribution in [0.1, 0.15) is 39.2 Å². The number of fused-ring (bicyclic) bond motifs is 1. The van der Waals surface area contributed by atoms with Crippen molar-refractivity contribution in [2.75, 3.05) is 0 Å². The quantitative estimate of drug-likeness (QED) is 0.644. The van der Waals surface area contributed by atoms with Gasteiger partial charge in [-0.05, 0) is 38.2 Å². The second-order valence-corrected chi connectivity index (χ2v) is 8.67. The Morgan fingerprint density at radius 2 is 1.89 bits per heavy atom. The molecule has 0 aliphatic carbocycles. The van der Waals surface area contributed by atoms with Gasteiger partial charge in [-0.15, -0.1) is 11.3 Å². The van der Waals surface area contributed by atoms with Crippen LogP contribution in [-0.4, -0.2) is 21.5 Å². The molecule has 0 fully saturated rings. The number of carbonyl (C=O) groups excluding carboxylic acids is 1. The molecule has 0 spiro atoms. The van der Waals surface area contributed by atoms with E-state index in [2.05, 4.69) is 24.1 Å². The molecule has 1 atom stereocenters. The first-order chi connectivity index (χ1) is 13.3. The Bertz CT molecular complexity index is 1020. The lowest BCUT2D eigenvalue weighted by Gasteiger charge is -2.15. The van der Waals surface area contributed by atoms with Crippen LogP contribution in [0.5, 0.6) is 0 Å². The molecule has 28 heavy (non-hydrogen) atoms. The van der Waals surface area contributed by atoms with Crippen LogP contribution in [-0.2, 0) is 11.3 Å². The van der Waals surface area contributed by atoms with Crippen molar-refractivity contribution in [2.24, 2.45) is 5.92 Å². The van der Waals surface area contributed by atoms with E-state index in [9.17, 15) is 9.59 Å². The first kappa shape index (κ1) is 20.3. The highest BCUT2D eigenvalue weighted by Gasteiger charge is 2.15. The van der Waals surface area contributed by atoms with Gasteiger partial charge in [-0.1, -0.05) is 43.7 Å². The van der Waals surface area contributed by atoms with Crippen molar-refractivity contribution in [1.82, 2.24) is 14.9 Å². The summed E-state index contributed by atoms with van der Waals surface area (Å²) in [6.45, 7) is 8.35. The molecule has 148 valence electrons. The van der Waals surface area contributed by atoms with Crippen LogP contribution in [0.3, 0.4) is 0 Å². The molecule has 3 aromatic rings. The van der Waals surface area contributed by atoms with Gasteiger partial charge in [0.05, 0.1) is 11.7 Å². The number of aryl methyl sites for hydroxylation is 1. The second kappa shape index (κ2) is 8.69. The number of rotatable bonds is 7. The van der Waals surface area contributed by atoms with E-state index in [4.69, 9.17) is 0 Å². The molecule has 0 radical (unpaired) electrons. The van der Waals surface area contributed by atoms with Crippen molar-refractivity contribution in [1.29, 1.82) is 0 Å². The van der Waals surface area contributed by atoms with E-state index >= 15 is 0 Å². The maximum Gasteiger partial charge on any atom is 0.263 e. The number of thiophene rings is 1. The third kappa shape index (κ3) is 4.68. The van der Waals surface area contributed by atoms with E-state index < -0.39 is 0 Å². The fourth-order valence-electron chi connectivity index (χ4n) is 3.16. The zero-order chi connectivity index (χ0) is 20.3. The van der Waals surface area contributed by atoms with Gasteiger partial charge < -0.3 is 5.32 Å². The van der Waals surface area contributed by atoms with Gasteiger partial charge in [-0.2, -0.15) is 0 Å². The van der Waals surface area contributed by atoms with Crippen molar-refractivity contribution in [3.8, 4) is 11.1 Å². The van der Waals surface area contributed by atoms with Crippen molar-refractivity contribution in [2.45, 2.75) is 53.1 Å². The zero-order valence-electron chi connectivity index (χ0n) is 16.9. The Morgan fingerprint density at radius 3 is 2.57 bits per heavy atom. The van der Waals surface area contributed by atoms with Gasteiger partial charge >= 0.3 is 0 Å². The fourth-order valence-corrected chi connectivity index (χ4v) is 4.06. The monoisotopic (exact) mass is 397 g/mol. The summed E-state index contributed by atoms with van der Waals surface area (Å²) in [7, 11) is 0. The Labute approximate surface area is 169 Å². The van der Waals surface area contributed by atoms with E-state index in [-0.39, 0.29) is 24.1 Å². The summed E-state index contributed by atoms with van der Waals surface area (Å²) < 4.78 is 1.40.